The molecule has 0 aliphatic carbocycles. The standard InChI is InChI=1S/C18H25N3O3/c1-24-13-18(23)21-7-4-15-9-17(22)20(8-5-16(15)12-21)11-14-3-2-6-19-10-14/h2-3,6,10,15-16H,4-5,7-9,11-13H2,1H3/t15-,16+/m1/s1. The number of methoxy groups -OCH3 is 1. The highest BCUT2D eigenvalue weighted by Crippen LogP contribution is 2.32. The monoisotopic (exact) mass is 331 g/mol. The van der Waals surface area contributed by atoms with Crippen LogP contribution in [-0.4, -0.2) is 59.9 Å². The predicted octanol–water partition coefficient (Wildman–Crippen LogP) is 1.32. The molecule has 2 atom stereocenters. The van der Waals surface area contributed by atoms with Gasteiger partial charge in [0, 0.05) is 52.1 Å². The van der Waals surface area contributed by atoms with Crippen molar-refractivity contribution in [2.75, 3.05) is 33.4 Å². The second kappa shape index (κ2) is 7.75. The molecule has 0 spiro atoms. The minimum absolute atomic E-state index is 0.0544. The lowest BCUT2D eigenvalue weighted by atomic mass is 9.82. The van der Waals surface area contributed by atoms with Gasteiger partial charge < -0.3 is 14.5 Å². The second-order valence-corrected chi connectivity index (χ2v) is 6.75. The Morgan fingerprint density at radius 1 is 1.33 bits per heavy atom. The van der Waals surface area contributed by atoms with E-state index in [9.17, 15) is 9.59 Å². The maximum Gasteiger partial charge on any atom is 0.248 e. The fourth-order valence-electron chi connectivity index (χ4n) is 3.80. The summed E-state index contributed by atoms with van der Waals surface area (Å²) in [6.45, 7) is 3.00. The molecule has 0 aromatic carbocycles. The summed E-state index contributed by atoms with van der Waals surface area (Å²) in [5.41, 5.74) is 1.06. The van der Waals surface area contributed by atoms with Crippen molar-refractivity contribution in [3.63, 3.8) is 0 Å². The number of carbonyl (C=O) groups is 2. The summed E-state index contributed by atoms with van der Waals surface area (Å²) in [5, 5.41) is 0. The number of carbonyl (C=O) groups excluding carboxylic acids is 2. The molecule has 6 nitrogen and oxygen atoms in total. The lowest BCUT2D eigenvalue weighted by Gasteiger charge is -2.37. The van der Waals surface area contributed by atoms with Crippen molar-refractivity contribution in [1.29, 1.82) is 0 Å². The summed E-state index contributed by atoms with van der Waals surface area (Å²) < 4.78 is 4.96. The highest BCUT2D eigenvalue weighted by atomic mass is 16.5. The number of hydrogen-bond acceptors (Lipinski definition) is 4. The summed E-state index contributed by atoms with van der Waals surface area (Å²) in [6.07, 6.45) is 6.02. The summed E-state index contributed by atoms with van der Waals surface area (Å²) in [6, 6.07) is 3.90. The number of nitrogens with zero attached hydrogens (tertiary/aromatic N) is 3. The molecule has 0 saturated carbocycles. The third-order valence-corrected chi connectivity index (χ3v) is 5.17. The summed E-state index contributed by atoms with van der Waals surface area (Å²) >= 11 is 0. The number of amides is 2. The van der Waals surface area contributed by atoms with E-state index in [1.54, 1.807) is 13.3 Å². The molecule has 24 heavy (non-hydrogen) atoms. The Kier molecular flexibility index (Phi) is 5.45. The molecular weight excluding hydrogens is 306 g/mol. The maximum atomic E-state index is 12.6. The Bertz CT molecular complexity index is 578. The topological polar surface area (TPSA) is 62.7 Å². The van der Waals surface area contributed by atoms with Crippen molar-refractivity contribution in [3.8, 4) is 0 Å². The van der Waals surface area contributed by atoms with E-state index in [2.05, 4.69) is 4.98 Å². The number of rotatable bonds is 4. The molecule has 0 N–H and O–H groups in total. The fourth-order valence-corrected chi connectivity index (χ4v) is 3.80. The smallest absolute Gasteiger partial charge is 0.248 e. The average molecular weight is 331 g/mol. The van der Waals surface area contributed by atoms with E-state index in [-0.39, 0.29) is 18.4 Å². The van der Waals surface area contributed by atoms with Crippen LogP contribution in [0, 0.1) is 11.8 Å². The van der Waals surface area contributed by atoms with Gasteiger partial charge in [0.1, 0.15) is 6.61 Å². The Morgan fingerprint density at radius 3 is 2.92 bits per heavy atom. The second-order valence-electron chi connectivity index (χ2n) is 6.75. The summed E-state index contributed by atoms with van der Waals surface area (Å²) in [7, 11) is 1.55. The van der Waals surface area contributed by atoms with Gasteiger partial charge in [-0.2, -0.15) is 0 Å². The molecular formula is C18H25N3O3. The Morgan fingerprint density at radius 2 is 2.17 bits per heavy atom. The number of hydrogen-bond donors (Lipinski definition) is 0. The van der Waals surface area contributed by atoms with Crippen LogP contribution in [0.5, 0.6) is 0 Å². The summed E-state index contributed by atoms with van der Waals surface area (Å²) in [5.74, 6) is 1.08. The molecule has 2 fully saturated rings. The zero-order chi connectivity index (χ0) is 16.9. The van der Waals surface area contributed by atoms with Crippen LogP contribution in [-0.2, 0) is 20.9 Å². The van der Waals surface area contributed by atoms with Crippen molar-refractivity contribution in [2.24, 2.45) is 11.8 Å². The van der Waals surface area contributed by atoms with Crippen LogP contribution in [0.25, 0.3) is 0 Å². The van der Waals surface area contributed by atoms with Gasteiger partial charge in [0.25, 0.3) is 0 Å². The van der Waals surface area contributed by atoms with Gasteiger partial charge in [-0.05, 0) is 36.3 Å². The van der Waals surface area contributed by atoms with E-state index in [1.807, 2.05) is 28.1 Å². The largest absolute Gasteiger partial charge is 0.375 e. The molecule has 2 aliphatic rings. The maximum absolute atomic E-state index is 12.6. The lowest BCUT2D eigenvalue weighted by Crippen LogP contribution is -2.45. The number of fused-ring (bicyclic) bond motifs is 1. The van der Waals surface area contributed by atoms with E-state index >= 15 is 0 Å². The van der Waals surface area contributed by atoms with Gasteiger partial charge in [0.2, 0.25) is 11.8 Å². The fraction of sp³-hybridized carbons (Fsp3) is 0.611. The summed E-state index contributed by atoms with van der Waals surface area (Å²) in [4.78, 5) is 32.6. The average Bonchev–Trinajstić information content (AvgIpc) is 2.75. The van der Waals surface area contributed by atoms with E-state index < -0.39 is 0 Å². The van der Waals surface area contributed by atoms with E-state index in [1.165, 1.54) is 0 Å². The first-order valence-corrected chi connectivity index (χ1v) is 8.60. The van der Waals surface area contributed by atoms with Crippen LogP contribution in [0.1, 0.15) is 24.8 Å². The van der Waals surface area contributed by atoms with Gasteiger partial charge in [-0.1, -0.05) is 6.07 Å². The number of piperidine rings is 1. The zero-order valence-corrected chi connectivity index (χ0v) is 14.2. The predicted molar refractivity (Wildman–Crippen MR) is 88.9 cm³/mol. The molecule has 0 bridgehead atoms. The third kappa shape index (κ3) is 3.93. The van der Waals surface area contributed by atoms with Crippen molar-refractivity contribution >= 4 is 11.8 Å². The molecule has 6 heteroatoms. The Hall–Kier alpha value is -1.95. The first kappa shape index (κ1) is 16.9. The highest BCUT2D eigenvalue weighted by Gasteiger charge is 2.36. The molecule has 1 aromatic heterocycles. The van der Waals surface area contributed by atoms with Crippen LogP contribution >= 0.6 is 0 Å². The number of likely N-dealkylation sites (tertiary alicyclic amines) is 2. The van der Waals surface area contributed by atoms with Crippen LogP contribution in [0.4, 0.5) is 0 Å². The third-order valence-electron chi connectivity index (χ3n) is 5.17. The van der Waals surface area contributed by atoms with Crippen LogP contribution in [0.3, 0.4) is 0 Å². The van der Waals surface area contributed by atoms with Crippen molar-refractivity contribution in [2.45, 2.75) is 25.8 Å². The first-order chi connectivity index (χ1) is 11.7. The van der Waals surface area contributed by atoms with Crippen molar-refractivity contribution in [1.82, 2.24) is 14.8 Å². The van der Waals surface area contributed by atoms with Crippen LogP contribution < -0.4 is 0 Å². The molecule has 1 aromatic rings. The van der Waals surface area contributed by atoms with Gasteiger partial charge >= 0.3 is 0 Å². The molecule has 0 unspecified atom stereocenters. The quantitative estimate of drug-likeness (QED) is 0.835. The van der Waals surface area contributed by atoms with Crippen LogP contribution in [0.15, 0.2) is 24.5 Å². The normalized spacial score (nSPS) is 24.5. The number of pyridine rings is 1. The number of ether oxygens (including phenoxy) is 1. The minimum atomic E-state index is 0.0544. The minimum Gasteiger partial charge on any atom is -0.375 e. The SMILES string of the molecule is COCC(=O)N1CC[C@@H]2CC(=O)N(Cc3cccnc3)CC[C@H]2C1. The Labute approximate surface area is 142 Å². The van der Waals surface area contributed by atoms with Gasteiger partial charge in [-0.3, -0.25) is 14.6 Å². The van der Waals surface area contributed by atoms with Crippen LogP contribution in [0.2, 0.25) is 0 Å². The van der Waals surface area contributed by atoms with E-state index in [4.69, 9.17) is 4.74 Å². The zero-order valence-electron chi connectivity index (χ0n) is 14.2. The van der Waals surface area contributed by atoms with Crippen molar-refractivity contribution < 1.29 is 14.3 Å². The molecule has 0 radical (unpaired) electrons. The van der Waals surface area contributed by atoms with Gasteiger partial charge in [0.05, 0.1) is 0 Å². The molecule has 2 aliphatic heterocycles. The van der Waals surface area contributed by atoms with Gasteiger partial charge in [0.15, 0.2) is 0 Å². The van der Waals surface area contributed by atoms with Gasteiger partial charge in [-0.25, -0.2) is 0 Å². The highest BCUT2D eigenvalue weighted by molar-refractivity contribution is 5.78. The Balaban J connectivity index is 1.62. The molecule has 2 amide bonds. The molecule has 3 rings (SSSR count). The lowest BCUT2D eigenvalue weighted by molar-refractivity contribution is -0.138. The van der Waals surface area contributed by atoms with E-state index in [0.717, 1.165) is 38.0 Å². The van der Waals surface area contributed by atoms with E-state index in [0.29, 0.717) is 24.8 Å². The molecule has 3 heterocycles. The molecule has 2 saturated heterocycles. The number of aromatic nitrogens is 1. The first-order valence-electron chi connectivity index (χ1n) is 8.60. The van der Waals surface area contributed by atoms with Gasteiger partial charge in [-0.15, -0.1) is 0 Å². The van der Waals surface area contributed by atoms with Crippen molar-refractivity contribution in [3.05, 3.63) is 30.1 Å². The molecule has 130 valence electrons.